The molecule has 0 aliphatic heterocycles. The van der Waals surface area contributed by atoms with Gasteiger partial charge < -0.3 is 5.32 Å². The van der Waals surface area contributed by atoms with Gasteiger partial charge in [-0.25, -0.2) is 0 Å². The van der Waals surface area contributed by atoms with E-state index in [9.17, 15) is 14.4 Å². The highest BCUT2D eigenvalue weighted by Crippen LogP contribution is 2.60. The summed E-state index contributed by atoms with van der Waals surface area (Å²) < 4.78 is 0. The zero-order valence-corrected chi connectivity index (χ0v) is 19.8. The Balaban J connectivity index is 1.26. The molecule has 1 atom stereocenters. The van der Waals surface area contributed by atoms with Crippen LogP contribution >= 0.6 is 11.6 Å². The molecule has 2 aromatic carbocycles. The maximum atomic E-state index is 13.2. The summed E-state index contributed by atoms with van der Waals surface area (Å²) in [5.74, 6) is 1.01. The molecule has 178 valence electrons. The van der Waals surface area contributed by atoms with Crippen LogP contribution in [0, 0.1) is 23.2 Å². The van der Waals surface area contributed by atoms with Gasteiger partial charge in [-0.1, -0.05) is 41.9 Å². The van der Waals surface area contributed by atoms with Gasteiger partial charge in [0.15, 0.2) is 0 Å². The molecule has 6 rings (SSSR count). The van der Waals surface area contributed by atoms with Crippen LogP contribution in [0.25, 0.3) is 0 Å². The van der Waals surface area contributed by atoms with E-state index in [4.69, 9.17) is 11.6 Å². The monoisotopic (exact) mass is 479 g/mol. The lowest BCUT2D eigenvalue weighted by atomic mass is 9.49. The lowest BCUT2D eigenvalue weighted by molar-refractivity contribution is -0.149. The molecule has 4 saturated carbocycles. The second-order valence-corrected chi connectivity index (χ2v) is 10.8. The Labute approximate surface area is 204 Å². The average molecular weight is 480 g/mol. The maximum Gasteiger partial charge on any atom is 0.261 e. The van der Waals surface area contributed by atoms with Gasteiger partial charge in [0.05, 0.1) is 5.41 Å². The molecule has 6 nitrogen and oxygen atoms in total. The zero-order valence-electron chi connectivity index (χ0n) is 19.1. The van der Waals surface area contributed by atoms with Crippen molar-refractivity contribution in [2.75, 3.05) is 0 Å². The van der Waals surface area contributed by atoms with Gasteiger partial charge in [-0.3, -0.25) is 25.2 Å². The normalized spacial score (nSPS) is 27.6. The fourth-order valence-corrected chi connectivity index (χ4v) is 6.75. The Hall–Kier alpha value is -2.86. The lowest BCUT2D eigenvalue weighted by Gasteiger charge is -2.55. The Bertz CT molecular complexity index is 1040. The van der Waals surface area contributed by atoms with Crippen molar-refractivity contribution in [3.05, 3.63) is 70.7 Å². The maximum absolute atomic E-state index is 13.2. The minimum Gasteiger partial charge on any atom is -0.340 e. The SMILES string of the molecule is O=C(N[C@@H](Cc1ccccc1)C(=O)NNC(=O)C12CC3CC(CC(C3)C1)C2)c1ccc(Cl)cc1. The summed E-state index contributed by atoms with van der Waals surface area (Å²) in [5, 5.41) is 3.34. The van der Waals surface area contributed by atoms with Crippen LogP contribution in [0.15, 0.2) is 54.6 Å². The number of benzene rings is 2. The summed E-state index contributed by atoms with van der Waals surface area (Å²) in [6, 6.07) is 15.1. The third kappa shape index (κ3) is 4.83. The van der Waals surface area contributed by atoms with Crippen LogP contribution in [0.1, 0.15) is 54.4 Å². The van der Waals surface area contributed by atoms with E-state index in [2.05, 4.69) is 16.2 Å². The molecule has 34 heavy (non-hydrogen) atoms. The largest absolute Gasteiger partial charge is 0.340 e. The highest BCUT2D eigenvalue weighted by atomic mass is 35.5. The van der Waals surface area contributed by atoms with Crippen molar-refractivity contribution < 1.29 is 14.4 Å². The third-order valence-corrected chi connectivity index (χ3v) is 8.08. The minimum absolute atomic E-state index is 0.0811. The molecule has 4 aliphatic rings. The molecule has 0 radical (unpaired) electrons. The quantitative estimate of drug-likeness (QED) is 0.546. The number of carbonyl (C=O) groups is 3. The first kappa shape index (κ1) is 22.9. The Morgan fingerprint density at radius 1 is 0.853 bits per heavy atom. The van der Waals surface area contributed by atoms with Crippen molar-refractivity contribution in [2.45, 2.75) is 51.0 Å². The second-order valence-electron chi connectivity index (χ2n) is 10.4. The van der Waals surface area contributed by atoms with Gasteiger partial charge in [-0.15, -0.1) is 0 Å². The minimum atomic E-state index is -0.845. The first-order valence-corrected chi connectivity index (χ1v) is 12.5. The van der Waals surface area contributed by atoms with Gasteiger partial charge >= 0.3 is 0 Å². The molecule has 4 aliphatic carbocycles. The number of hydrogen-bond acceptors (Lipinski definition) is 3. The fourth-order valence-electron chi connectivity index (χ4n) is 6.63. The van der Waals surface area contributed by atoms with Crippen molar-refractivity contribution in [2.24, 2.45) is 23.2 Å². The molecule has 0 aromatic heterocycles. The molecular weight excluding hydrogens is 450 g/mol. The van der Waals surface area contributed by atoms with E-state index >= 15 is 0 Å². The number of hydrazine groups is 1. The van der Waals surface area contributed by atoms with Crippen LogP contribution in [-0.2, 0) is 16.0 Å². The van der Waals surface area contributed by atoms with E-state index in [1.807, 2.05) is 30.3 Å². The first-order valence-electron chi connectivity index (χ1n) is 12.1. The van der Waals surface area contributed by atoms with E-state index in [-0.39, 0.29) is 17.2 Å². The predicted molar refractivity (Wildman–Crippen MR) is 130 cm³/mol. The molecule has 7 heteroatoms. The van der Waals surface area contributed by atoms with Gasteiger partial charge in [-0.2, -0.15) is 0 Å². The highest BCUT2D eigenvalue weighted by Gasteiger charge is 2.54. The van der Waals surface area contributed by atoms with Crippen LogP contribution in [-0.4, -0.2) is 23.8 Å². The number of nitrogens with one attached hydrogen (secondary N) is 3. The average Bonchev–Trinajstić information content (AvgIpc) is 2.82. The topological polar surface area (TPSA) is 87.3 Å². The number of carbonyl (C=O) groups excluding carboxylic acids is 3. The summed E-state index contributed by atoms with van der Waals surface area (Å²) in [5.41, 5.74) is 6.30. The van der Waals surface area contributed by atoms with Gasteiger partial charge in [0.25, 0.3) is 11.8 Å². The summed E-state index contributed by atoms with van der Waals surface area (Å²) in [6.45, 7) is 0. The predicted octanol–water partition coefficient (Wildman–Crippen LogP) is 4.04. The molecular formula is C27H30ClN3O3. The second kappa shape index (κ2) is 9.41. The van der Waals surface area contributed by atoms with Crippen molar-refractivity contribution >= 4 is 29.3 Å². The summed E-state index contributed by atoms with van der Waals surface area (Å²) >= 11 is 5.93. The van der Waals surface area contributed by atoms with E-state index in [0.29, 0.717) is 34.8 Å². The zero-order chi connectivity index (χ0) is 23.7. The summed E-state index contributed by atoms with van der Waals surface area (Å²) in [6.07, 6.45) is 6.79. The summed E-state index contributed by atoms with van der Waals surface area (Å²) in [4.78, 5) is 39.2. The van der Waals surface area contributed by atoms with E-state index in [1.54, 1.807) is 24.3 Å². The van der Waals surface area contributed by atoms with Gasteiger partial charge in [0.1, 0.15) is 6.04 Å². The molecule has 4 bridgehead atoms. The molecule has 4 fully saturated rings. The smallest absolute Gasteiger partial charge is 0.261 e. The third-order valence-electron chi connectivity index (χ3n) is 7.83. The van der Waals surface area contributed by atoms with Crippen molar-refractivity contribution in [1.82, 2.24) is 16.2 Å². The molecule has 0 unspecified atom stereocenters. The van der Waals surface area contributed by atoms with Crippen LogP contribution in [0.5, 0.6) is 0 Å². The van der Waals surface area contributed by atoms with E-state index in [1.165, 1.54) is 19.3 Å². The standard InChI is InChI=1S/C27H30ClN3O3/c28-22-8-6-21(7-9-22)24(32)29-23(13-17-4-2-1-3-5-17)25(33)30-31-26(34)27-14-18-10-19(15-27)12-20(11-18)16-27/h1-9,18-20,23H,10-16H2,(H,29,32)(H,30,33)(H,31,34)/t18?,19?,20?,23-,27?/m0/s1. The number of hydrogen-bond donors (Lipinski definition) is 3. The van der Waals surface area contributed by atoms with Crippen molar-refractivity contribution in [3.8, 4) is 0 Å². The molecule has 2 aromatic rings. The number of amides is 3. The highest BCUT2D eigenvalue weighted by molar-refractivity contribution is 6.30. The number of halogens is 1. The molecule has 0 heterocycles. The Morgan fingerprint density at radius 3 is 2.03 bits per heavy atom. The van der Waals surface area contributed by atoms with Crippen molar-refractivity contribution in [1.29, 1.82) is 0 Å². The van der Waals surface area contributed by atoms with Crippen molar-refractivity contribution in [3.63, 3.8) is 0 Å². The van der Waals surface area contributed by atoms with Gasteiger partial charge in [0, 0.05) is 17.0 Å². The van der Waals surface area contributed by atoms with Gasteiger partial charge in [-0.05, 0) is 86.1 Å². The van der Waals surface area contributed by atoms with E-state index in [0.717, 1.165) is 24.8 Å². The molecule has 0 saturated heterocycles. The first-order chi connectivity index (χ1) is 16.4. The molecule has 3 amide bonds. The number of rotatable bonds is 6. The summed E-state index contributed by atoms with van der Waals surface area (Å²) in [7, 11) is 0. The van der Waals surface area contributed by atoms with Crippen LogP contribution in [0.4, 0.5) is 0 Å². The fraction of sp³-hybridized carbons (Fsp3) is 0.444. The Morgan fingerprint density at radius 2 is 1.44 bits per heavy atom. The molecule has 3 N–H and O–H groups in total. The van der Waals surface area contributed by atoms with Gasteiger partial charge in [0.2, 0.25) is 5.91 Å². The molecule has 0 spiro atoms. The lowest BCUT2D eigenvalue weighted by Crippen LogP contribution is -2.59. The van der Waals surface area contributed by atoms with Crippen LogP contribution in [0.2, 0.25) is 5.02 Å². The van der Waals surface area contributed by atoms with E-state index < -0.39 is 11.9 Å². The Kier molecular flexibility index (Phi) is 6.34. The van der Waals surface area contributed by atoms with Crippen LogP contribution in [0.3, 0.4) is 0 Å². The van der Waals surface area contributed by atoms with Crippen LogP contribution < -0.4 is 16.2 Å².